The number of carbonyl (C=O) groups is 1. The van der Waals surface area contributed by atoms with Crippen molar-refractivity contribution >= 4 is 11.8 Å². The molecule has 3 N–H and O–H groups in total. The maximum absolute atomic E-state index is 11.6. The van der Waals surface area contributed by atoms with Crippen LogP contribution < -0.4 is 10.6 Å². The second kappa shape index (κ2) is 5.86. The van der Waals surface area contributed by atoms with Gasteiger partial charge in [-0.1, -0.05) is 13.8 Å². The van der Waals surface area contributed by atoms with E-state index in [1.807, 2.05) is 13.8 Å². The number of aryl methyl sites for hydroxylation is 1. The van der Waals surface area contributed by atoms with Crippen LogP contribution in [0.25, 0.3) is 0 Å². The van der Waals surface area contributed by atoms with Gasteiger partial charge in [0.25, 0.3) is 0 Å². The zero-order chi connectivity index (χ0) is 13.8. The predicted molar refractivity (Wildman–Crippen MR) is 70.3 cm³/mol. The van der Waals surface area contributed by atoms with Gasteiger partial charge in [0.2, 0.25) is 0 Å². The molecule has 6 nitrogen and oxygen atoms in total. The Morgan fingerprint density at radius 1 is 1.61 bits per heavy atom. The Labute approximate surface area is 107 Å². The fourth-order valence-electron chi connectivity index (χ4n) is 1.83. The van der Waals surface area contributed by atoms with Crippen LogP contribution in [0.5, 0.6) is 0 Å². The molecule has 1 atom stereocenters. The maximum Gasteiger partial charge on any atom is 0.320 e. The van der Waals surface area contributed by atoms with Gasteiger partial charge in [0, 0.05) is 25.9 Å². The number of anilines is 1. The summed E-state index contributed by atoms with van der Waals surface area (Å²) in [4.78, 5) is 11.6. The van der Waals surface area contributed by atoms with E-state index in [0.29, 0.717) is 18.8 Å². The van der Waals surface area contributed by atoms with Crippen LogP contribution in [0.1, 0.15) is 27.2 Å². The van der Waals surface area contributed by atoms with Crippen LogP contribution in [0.2, 0.25) is 0 Å². The van der Waals surface area contributed by atoms with E-state index in [1.54, 1.807) is 30.9 Å². The first kappa shape index (κ1) is 14.5. The van der Waals surface area contributed by atoms with Crippen molar-refractivity contribution < 1.29 is 9.90 Å². The Kier molecular flexibility index (Phi) is 4.72. The van der Waals surface area contributed by atoms with Crippen LogP contribution >= 0.6 is 0 Å². The molecule has 0 fully saturated rings. The van der Waals surface area contributed by atoms with Gasteiger partial charge in [-0.15, -0.1) is 0 Å². The normalized spacial score (nSPS) is 13.2. The molecule has 18 heavy (non-hydrogen) atoms. The van der Waals surface area contributed by atoms with Gasteiger partial charge in [-0.3, -0.25) is 10.00 Å². The molecule has 102 valence electrons. The predicted octanol–water partition coefficient (Wildman–Crippen LogP) is 1.34. The molecule has 1 aromatic heterocycles. The van der Waals surface area contributed by atoms with Crippen molar-refractivity contribution in [2.75, 3.05) is 11.9 Å². The van der Waals surface area contributed by atoms with Crippen molar-refractivity contribution in [1.82, 2.24) is 15.1 Å². The summed E-state index contributed by atoms with van der Waals surface area (Å²) in [5.41, 5.74) is -0.143. The van der Waals surface area contributed by atoms with E-state index >= 15 is 0 Å². The molecule has 6 heteroatoms. The first-order valence-electron chi connectivity index (χ1n) is 6.01. The zero-order valence-electron chi connectivity index (χ0n) is 11.4. The van der Waals surface area contributed by atoms with Crippen LogP contribution in [0.15, 0.2) is 12.3 Å². The number of nitrogens with one attached hydrogen (secondary N) is 2. The van der Waals surface area contributed by atoms with Crippen LogP contribution in [0.3, 0.4) is 0 Å². The third-order valence-electron chi connectivity index (χ3n) is 2.53. The lowest BCUT2D eigenvalue weighted by molar-refractivity contribution is 0.129. The fraction of sp³-hybridized carbons (Fsp3) is 0.667. The number of aliphatic hydroxyl groups is 1. The minimum atomic E-state index is -0.374. The van der Waals surface area contributed by atoms with Crippen molar-refractivity contribution in [3.05, 3.63) is 12.3 Å². The summed E-state index contributed by atoms with van der Waals surface area (Å²) < 4.78 is 1.62. The van der Waals surface area contributed by atoms with Crippen molar-refractivity contribution in [2.24, 2.45) is 12.5 Å². The van der Waals surface area contributed by atoms with Gasteiger partial charge in [-0.05, 0) is 18.8 Å². The molecule has 2 amide bonds. The molecule has 0 radical (unpaired) electrons. The lowest BCUT2D eigenvalue weighted by Crippen LogP contribution is -2.38. The lowest BCUT2D eigenvalue weighted by atomic mass is 9.87. The van der Waals surface area contributed by atoms with Crippen molar-refractivity contribution in [2.45, 2.75) is 33.3 Å². The largest absolute Gasteiger partial charge is 0.393 e. The summed E-state index contributed by atoms with van der Waals surface area (Å²) in [6.07, 6.45) is 2.02. The van der Waals surface area contributed by atoms with E-state index in [4.69, 9.17) is 0 Å². The molecular weight excluding hydrogens is 232 g/mol. The van der Waals surface area contributed by atoms with Gasteiger partial charge in [-0.25, -0.2) is 4.79 Å². The Morgan fingerprint density at radius 2 is 2.28 bits per heavy atom. The topological polar surface area (TPSA) is 79.2 Å². The van der Waals surface area contributed by atoms with Crippen molar-refractivity contribution in [1.29, 1.82) is 0 Å². The molecule has 1 aromatic rings. The highest BCUT2D eigenvalue weighted by atomic mass is 16.3. The third kappa shape index (κ3) is 5.18. The van der Waals surface area contributed by atoms with Gasteiger partial charge in [0.05, 0.1) is 6.10 Å². The zero-order valence-corrected chi connectivity index (χ0v) is 11.4. The monoisotopic (exact) mass is 254 g/mol. The van der Waals surface area contributed by atoms with E-state index < -0.39 is 0 Å². The number of aliphatic hydroxyl groups excluding tert-OH is 1. The van der Waals surface area contributed by atoms with E-state index in [9.17, 15) is 9.90 Å². The highest BCUT2D eigenvalue weighted by Gasteiger charge is 2.21. The van der Waals surface area contributed by atoms with E-state index in [1.165, 1.54) is 0 Å². The number of carbonyl (C=O) groups excluding carboxylic acids is 1. The second-order valence-electron chi connectivity index (χ2n) is 5.40. The molecule has 0 aliphatic rings. The molecule has 0 aromatic carbocycles. The molecule has 0 spiro atoms. The number of nitrogens with zero attached hydrogens (tertiary/aromatic N) is 2. The Morgan fingerprint density at radius 3 is 2.78 bits per heavy atom. The summed E-state index contributed by atoms with van der Waals surface area (Å²) in [5.74, 6) is 0.517. The molecule has 1 rings (SSSR count). The molecule has 0 aliphatic heterocycles. The summed E-state index contributed by atoms with van der Waals surface area (Å²) in [5, 5.41) is 18.8. The Balaban J connectivity index is 2.37. The second-order valence-corrected chi connectivity index (χ2v) is 5.40. The summed E-state index contributed by atoms with van der Waals surface area (Å²) in [6, 6.07) is 1.44. The van der Waals surface area contributed by atoms with Crippen LogP contribution in [0, 0.1) is 5.41 Å². The van der Waals surface area contributed by atoms with Gasteiger partial charge >= 0.3 is 6.03 Å². The molecule has 0 aliphatic carbocycles. The number of urea groups is 1. The van der Waals surface area contributed by atoms with Gasteiger partial charge in [0.15, 0.2) is 5.82 Å². The highest BCUT2D eigenvalue weighted by Crippen LogP contribution is 2.20. The average Bonchev–Trinajstić information content (AvgIpc) is 2.59. The number of rotatable bonds is 5. The quantitative estimate of drug-likeness (QED) is 0.742. The van der Waals surface area contributed by atoms with E-state index in [-0.39, 0.29) is 17.6 Å². The SMILES string of the molecule is CC(O)CC(C)(C)CNC(=O)Nc1ccn(C)n1. The van der Waals surface area contributed by atoms with Crippen LogP contribution in [-0.2, 0) is 7.05 Å². The van der Waals surface area contributed by atoms with E-state index in [2.05, 4.69) is 15.7 Å². The summed E-state index contributed by atoms with van der Waals surface area (Å²) in [7, 11) is 1.79. The van der Waals surface area contributed by atoms with Gasteiger partial charge < -0.3 is 10.4 Å². The first-order valence-corrected chi connectivity index (χ1v) is 6.01. The minimum Gasteiger partial charge on any atom is -0.393 e. The van der Waals surface area contributed by atoms with Crippen molar-refractivity contribution in [3.8, 4) is 0 Å². The van der Waals surface area contributed by atoms with Crippen molar-refractivity contribution in [3.63, 3.8) is 0 Å². The number of aromatic nitrogens is 2. The molecule has 1 heterocycles. The van der Waals surface area contributed by atoms with Gasteiger partial charge in [0.1, 0.15) is 0 Å². The molecular formula is C12H22N4O2. The number of hydrogen-bond acceptors (Lipinski definition) is 3. The molecule has 0 saturated heterocycles. The van der Waals surface area contributed by atoms with E-state index in [0.717, 1.165) is 0 Å². The van der Waals surface area contributed by atoms with Crippen LogP contribution in [0.4, 0.5) is 10.6 Å². The standard InChI is InChI=1S/C12H22N4O2/c1-9(17)7-12(2,3)8-13-11(18)14-10-5-6-16(4)15-10/h5-6,9,17H,7-8H2,1-4H3,(H2,13,14,15,18). The maximum atomic E-state index is 11.6. The fourth-order valence-corrected chi connectivity index (χ4v) is 1.83. The smallest absolute Gasteiger partial charge is 0.320 e. The Hall–Kier alpha value is -1.56. The first-order chi connectivity index (χ1) is 8.28. The Bertz CT molecular complexity index is 399. The minimum absolute atomic E-state index is 0.143. The third-order valence-corrected chi connectivity index (χ3v) is 2.53. The lowest BCUT2D eigenvalue weighted by Gasteiger charge is -2.26. The number of amides is 2. The molecule has 0 saturated carbocycles. The van der Waals surface area contributed by atoms with Gasteiger partial charge in [-0.2, -0.15) is 5.10 Å². The molecule has 1 unspecified atom stereocenters. The average molecular weight is 254 g/mol. The highest BCUT2D eigenvalue weighted by molar-refractivity contribution is 5.88. The summed E-state index contributed by atoms with van der Waals surface area (Å²) >= 11 is 0. The van der Waals surface area contributed by atoms with Crippen LogP contribution in [-0.4, -0.2) is 33.6 Å². The molecule has 0 bridgehead atoms. The summed E-state index contributed by atoms with van der Waals surface area (Å²) in [6.45, 7) is 6.24. The number of hydrogen-bond donors (Lipinski definition) is 3.